The molecule has 2 aromatic heterocycles. The maximum absolute atomic E-state index is 12.5. The molecule has 3 saturated heterocycles. The number of hydrogen-bond donors (Lipinski definition) is 3. The summed E-state index contributed by atoms with van der Waals surface area (Å²) in [5.41, 5.74) is 8.78. The van der Waals surface area contributed by atoms with Crippen molar-refractivity contribution in [1.82, 2.24) is 24.8 Å². The highest BCUT2D eigenvalue weighted by molar-refractivity contribution is 5.97. The van der Waals surface area contributed by atoms with E-state index in [1.165, 1.54) is 0 Å². The first kappa shape index (κ1) is 24.8. The van der Waals surface area contributed by atoms with E-state index in [0.717, 1.165) is 63.2 Å². The molecule has 3 fully saturated rings. The van der Waals surface area contributed by atoms with Crippen LogP contribution >= 0.6 is 0 Å². The van der Waals surface area contributed by atoms with Crippen molar-refractivity contribution in [2.24, 2.45) is 5.73 Å². The van der Waals surface area contributed by atoms with Crippen molar-refractivity contribution in [3.05, 3.63) is 54.4 Å². The summed E-state index contributed by atoms with van der Waals surface area (Å²) in [7, 11) is 0. The van der Waals surface area contributed by atoms with Crippen LogP contribution in [-0.4, -0.2) is 102 Å². The molecule has 3 aliphatic heterocycles. The number of amides is 1. The third-order valence-electron chi connectivity index (χ3n) is 8.39. The minimum Gasteiger partial charge on any atom is -0.381 e. The van der Waals surface area contributed by atoms with Gasteiger partial charge < -0.3 is 30.9 Å². The number of benzene rings is 1. The van der Waals surface area contributed by atoms with Crippen LogP contribution in [0, 0.1) is 0 Å². The molecule has 1 amide bonds. The fourth-order valence-electron chi connectivity index (χ4n) is 5.98. The lowest BCUT2D eigenvalue weighted by molar-refractivity contribution is 0.0904. The maximum atomic E-state index is 12.5. The number of piperidine rings is 1. The number of piperazine rings is 1. The van der Waals surface area contributed by atoms with E-state index >= 15 is 0 Å². The molecule has 0 bridgehead atoms. The van der Waals surface area contributed by atoms with E-state index in [2.05, 4.69) is 42.5 Å². The molecule has 3 aromatic rings. The molecular formula is C31H41N9O2. The van der Waals surface area contributed by atoms with E-state index < -0.39 is 12.9 Å². The number of hydrogen-bond acceptors (Lipinski definition) is 10. The van der Waals surface area contributed by atoms with Gasteiger partial charge in [-0.2, -0.15) is 0 Å². The Morgan fingerprint density at radius 3 is 2.38 bits per heavy atom. The van der Waals surface area contributed by atoms with Gasteiger partial charge in [0.2, 0.25) is 0 Å². The summed E-state index contributed by atoms with van der Waals surface area (Å²) in [5, 5.41) is 6.78. The normalized spacial score (nSPS) is 20.9. The monoisotopic (exact) mass is 574 g/mol. The minimum absolute atomic E-state index is 0.0408. The maximum Gasteiger partial charge on any atom is 0.271 e. The van der Waals surface area contributed by atoms with Gasteiger partial charge in [-0.25, -0.2) is 9.97 Å². The number of primary amides is 1. The number of pyridine rings is 1. The lowest BCUT2D eigenvalue weighted by atomic mass is 10.0. The quantitative estimate of drug-likeness (QED) is 0.369. The lowest BCUT2D eigenvalue weighted by Gasteiger charge is -2.42. The van der Waals surface area contributed by atoms with Crippen molar-refractivity contribution in [2.45, 2.75) is 37.8 Å². The summed E-state index contributed by atoms with van der Waals surface area (Å²) in [5.74, 6) is 0.135. The Kier molecular flexibility index (Phi) is 7.67. The predicted octanol–water partition coefficient (Wildman–Crippen LogP) is 3.19. The molecule has 4 N–H and O–H groups in total. The molecule has 0 radical (unpaired) electrons. The van der Waals surface area contributed by atoms with E-state index in [0.29, 0.717) is 49.6 Å². The fraction of sp³-hybridized carbons (Fsp3) is 0.484. The van der Waals surface area contributed by atoms with Gasteiger partial charge in [0, 0.05) is 86.2 Å². The average molecular weight is 575 g/mol. The van der Waals surface area contributed by atoms with Crippen LogP contribution in [0.2, 0.25) is 0 Å². The Morgan fingerprint density at radius 2 is 1.71 bits per heavy atom. The molecule has 0 aliphatic carbocycles. The van der Waals surface area contributed by atoms with Crippen molar-refractivity contribution < 1.29 is 13.6 Å². The van der Waals surface area contributed by atoms with Crippen molar-refractivity contribution in [3.8, 4) is 11.4 Å². The molecule has 42 heavy (non-hydrogen) atoms. The van der Waals surface area contributed by atoms with Gasteiger partial charge >= 0.3 is 0 Å². The molecule has 0 spiro atoms. The first-order valence-corrected chi connectivity index (χ1v) is 14.8. The van der Waals surface area contributed by atoms with Crippen LogP contribution in [0.15, 0.2) is 48.7 Å². The summed E-state index contributed by atoms with van der Waals surface area (Å²) < 4.78 is 28.5. The van der Waals surface area contributed by atoms with Crippen molar-refractivity contribution in [2.75, 3.05) is 75.0 Å². The lowest BCUT2D eigenvalue weighted by Crippen LogP contribution is -2.52. The smallest absolute Gasteiger partial charge is 0.271 e. The first-order valence-electron chi connectivity index (χ1n) is 16.3. The number of ether oxygens (including phenoxy) is 1. The Bertz CT molecular complexity index is 1440. The van der Waals surface area contributed by atoms with Crippen LogP contribution in [-0.2, 0) is 4.74 Å². The number of nitrogens with two attached hydrogens (primary N) is 1. The molecule has 6 rings (SSSR count). The van der Waals surface area contributed by atoms with E-state index in [1.807, 2.05) is 30.3 Å². The molecule has 11 nitrogen and oxygen atoms in total. The first-order chi connectivity index (χ1) is 21.7. The minimum atomic E-state index is -2.00. The molecule has 3 aliphatic rings. The van der Waals surface area contributed by atoms with E-state index in [-0.39, 0.29) is 17.6 Å². The average Bonchev–Trinajstić information content (AvgIpc) is 3.06. The van der Waals surface area contributed by atoms with E-state index in [9.17, 15) is 4.79 Å². The number of carbonyl (C=O) groups is 1. The Morgan fingerprint density at radius 1 is 0.952 bits per heavy atom. The van der Waals surface area contributed by atoms with Crippen LogP contribution < -0.4 is 21.3 Å². The SMILES string of the molecule is [2H]C([2H])([2H])N1CCN(C2CCN(c3ccc(Nc4nc(NC5CCOCC5)c(-c5ccccn5)nc4C(N)=O)cc3)CC2)CC1. The molecule has 0 saturated carbocycles. The molecular weight excluding hydrogens is 530 g/mol. The van der Waals surface area contributed by atoms with Gasteiger partial charge in [-0.3, -0.25) is 14.7 Å². The second-order valence-corrected chi connectivity index (χ2v) is 11.1. The summed E-state index contributed by atoms with van der Waals surface area (Å²) in [6.45, 7) is 3.98. The summed E-state index contributed by atoms with van der Waals surface area (Å²) in [4.78, 5) is 32.9. The third-order valence-corrected chi connectivity index (χ3v) is 8.39. The van der Waals surface area contributed by atoms with Crippen molar-refractivity contribution in [1.29, 1.82) is 0 Å². The van der Waals surface area contributed by atoms with Crippen molar-refractivity contribution >= 4 is 28.9 Å². The van der Waals surface area contributed by atoms with Gasteiger partial charge in [-0.1, -0.05) is 6.07 Å². The van der Waals surface area contributed by atoms with Gasteiger partial charge in [-0.15, -0.1) is 0 Å². The topological polar surface area (TPSA) is 125 Å². The van der Waals surface area contributed by atoms with Crippen LogP contribution in [0.25, 0.3) is 11.4 Å². The molecule has 11 heteroatoms. The van der Waals surface area contributed by atoms with Crippen LogP contribution in [0.4, 0.5) is 23.0 Å². The second-order valence-electron chi connectivity index (χ2n) is 11.1. The van der Waals surface area contributed by atoms with E-state index in [1.54, 1.807) is 11.1 Å². The van der Waals surface area contributed by atoms with Gasteiger partial charge in [-0.05, 0) is 69.1 Å². The number of likely N-dealkylation sites (N-methyl/N-ethyl adjacent to an activating group) is 1. The number of nitrogens with zero attached hydrogens (tertiary/aromatic N) is 6. The highest BCUT2D eigenvalue weighted by atomic mass is 16.5. The molecule has 222 valence electrons. The highest BCUT2D eigenvalue weighted by Gasteiger charge is 2.27. The largest absolute Gasteiger partial charge is 0.381 e. The third kappa shape index (κ3) is 6.64. The Labute approximate surface area is 251 Å². The Hall–Kier alpha value is -3.80. The van der Waals surface area contributed by atoms with Crippen molar-refractivity contribution in [3.63, 3.8) is 0 Å². The van der Waals surface area contributed by atoms with E-state index in [4.69, 9.17) is 19.6 Å². The zero-order valence-electron chi connectivity index (χ0n) is 26.8. The van der Waals surface area contributed by atoms with Gasteiger partial charge in [0.15, 0.2) is 17.3 Å². The van der Waals surface area contributed by atoms with Crippen LogP contribution in [0.3, 0.4) is 0 Å². The number of rotatable bonds is 8. The second kappa shape index (κ2) is 13.0. The van der Waals surface area contributed by atoms with Crippen LogP contribution in [0.1, 0.15) is 40.3 Å². The number of nitrogens with one attached hydrogen (secondary N) is 2. The fourth-order valence-corrected chi connectivity index (χ4v) is 5.98. The molecule has 5 heterocycles. The predicted molar refractivity (Wildman–Crippen MR) is 165 cm³/mol. The van der Waals surface area contributed by atoms with Gasteiger partial charge in [0.05, 0.1) is 5.69 Å². The zero-order valence-corrected chi connectivity index (χ0v) is 23.8. The summed E-state index contributed by atoms with van der Waals surface area (Å²) in [6.07, 6.45) is 5.43. The number of anilines is 4. The standard InChI is InChI=1S/C31H41N9O2/c1-38-16-18-40(19-17-38)25-9-14-39(15-10-25)24-7-5-22(6-8-24)34-31-28(29(32)41)36-27(26-4-2-3-13-33-26)30(37-31)35-23-11-20-42-21-12-23/h2-8,13,23,25H,9-12,14-21H2,1H3,(H2,32,41)(H2,34,35,37)/i1D3. The molecule has 0 unspecified atom stereocenters. The number of aromatic nitrogens is 3. The Balaban J connectivity index is 1.13. The van der Waals surface area contributed by atoms with Gasteiger partial charge in [0.25, 0.3) is 5.91 Å². The van der Waals surface area contributed by atoms with Gasteiger partial charge in [0.1, 0.15) is 5.69 Å². The van der Waals surface area contributed by atoms with Crippen LogP contribution in [0.5, 0.6) is 0 Å². The number of carbonyl (C=O) groups excluding carboxylic acids is 1. The molecule has 1 aromatic carbocycles. The summed E-state index contributed by atoms with van der Waals surface area (Å²) in [6, 6.07) is 14.2. The summed E-state index contributed by atoms with van der Waals surface area (Å²) >= 11 is 0. The zero-order chi connectivity index (χ0) is 31.4. The highest BCUT2D eigenvalue weighted by Crippen LogP contribution is 2.30. The molecule has 0 atom stereocenters.